The molecule has 0 spiro atoms. The molecular weight excluding hydrogens is 470 g/mol. The second kappa shape index (κ2) is 8.96. The zero-order valence-corrected chi connectivity index (χ0v) is 21.7. The quantitative estimate of drug-likeness (QED) is 0.244. The highest BCUT2D eigenvalue weighted by Crippen LogP contribution is 2.34. The number of phenolic OH excluding ortho intramolecular Hbond substituents is 2. The number of benzene rings is 3. The number of aryl methyl sites for hydroxylation is 4. The van der Waals surface area contributed by atoms with Crippen molar-refractivity contribution in [3.63, 3.8) is 0 Å². The van der Waals surface area contributed by atoms with Gasteiger partial charge in [-0.2, -0.15) is 0 Å². The zero-order valence-electron chi connectivity index (χ0n) is 21.7. The molecule has 5 nitrogen and oxygen atoms in total. The fraction of sp³-hybridized carbons (Fsp3) is 0.121. The molecule has 0 aliphatic carbocycles. The van der Waals surface area contributed by atoms with Crippen molar-refractivity contribution in [2.24, 2.45) is 0 Å². The van der Waals surface area contributed by atoms with Crippen molar-refractivity contribution >= 4 is 21.8 Å². The third kappa shape index (κ3) is 4.02. The normalized spacial score (nSPS) is 11.4. The molecule has 6 aromatic rings. The van der Waals surface area contributed by atoms with E-state index in [1.54, 1.807) is 24.3 Å². The Balaban J connectivity index is 1.42. The van der Waals surface area contributed by atoms with Gasteiger partial charge in [0.2, 0.25) is 0 Å². The van der Waals surface area contributed by atoms with Crippen LogP contribution < -0.4 is 0 Å². The topological polar surface area (TPSA) is 79.1 Å². The predicted octanol–water partition coefficient (Wildman–Crippen LogP) is 7.82. The standard InChI is InChI=1S/C33H27N3O2/c1-18-11-26(37)12-19(2)30(18)24-8-9-28(34-16-24)29-10-7-22-5-6-23-15-25(17-35-32(23)33(22)36-29)31-20(3)13-27(38)14-21(31)4/h5-17,37-38H,1-4H3. The summed E-state index contributed by atoms with van der Waals surface area (Å²) in [6, 6.07) is 21.5. The summed E-state index contributed by atoms with van der Waals surface area (Å²) in [6.07, 6.45) is 3.75. The molecule has 5 heteroatoms. The Morgan fingerprint density at radius 3 is 1.63 bits per heavy atom. The van der Waals surface area contributed by atoms with E-state index in [1.807, 2.05) is 52.2 Å². The molecule has 38 heavy (non-hydrogen) atoms. The summed E-state index contributed by atoms with van der Waals surface area (Å²) in [5.41, 5.74) is 11.5. The number of aromatic hydroxyl groups is 2. The van der Waals surface area contributed by atoms with Crippen molar-refractivity contribution in [2.75, 3.05) is 0 Å². The molecule has 0 saturated heterocycles. The number of phenols is 2. The van der Waals surface area contributed by atoms with Crippen LogP contribution in [0.3, 0.4) is 0 Å². The van der Waals surface area contributed by atoms with Crippen LogP contribution in [0.25, 0.3) is 55.4 Å². The number of nitrogens with zero attached hydrogens (tertiary/aromatic N) is 3. The van der Waals surface area contributed by atoms with Crippen molar-refractivity contribution in [3.05, 3.63) is 101 Å². The highest BCUT2D eigenvalue weighted by molar-refractivity contribution is 6.04. The molecule has 2 N–H and O–H groups in total. The molecule has 3 heterocycles. The van der Waals surface area contributed by atoms with Crippen molar-refractivity contribution in [2.45, 2.75) is 27.7 Å². The first kappa shape index (κ1) is 23.6. The summed E-state index contributed by atoms with van der Waals surface area (Å²) >= 11 is 0. The SMILES string of the molecule is Cc1cc(O)cc(C)c1-c1ccc(-c2ccc3ccc4cc(-c5c(C)cc(O)cc5C)cnc4c3n2)nc1. The summed E-state index contributed by atoms with van der Waals surface area (Å²) in [7, 11) is 0. The first-order chi connectivity index (χ1) is 18.3. The van der Waals surface area contributed by atoms with E-state index in [9.17, 15) is 10.2 Å². The van der Waals surface area contributed by atoms with Gasteiger partial charge in [-0.3, -0.25) is 9.97 Å². The number of pyridine rings is 3. The van der Waals surface area contributed by atoms with Crippen LogP contribution in [-0.4, -0.2) is 25.2 Å². The molecule has 6 rings (SSSR count). The highest BCUT2D eigenvalue weighted by atomic mass is 16.3. The lowest BCUT2D eigenvalue weighted by Crippen LogP contribution is -1.94. The van der Waals surface area contributed by atoms with E-state index in [0.29, 0.717) is 0 Å². The maximum Gasteiger partial charge on any atom is 0.116 e. The average molecular weight is 498 g/mol. The summed E-state index contributed by atoms with van der Waals surface area (Å²) in [5.74, 6) is 0.546. The van der Waals surface area contributed by atoms with Crippen molar-refractivity contribution in [3.8, 4) is 45.1 Å². The molecular formula is C33H27N3O2. The first-order valence-electron chi connectivity index (χ1n) is 12.6. The van der Waals surface area contributed by atoms with E-state index < -0.39 is 0 Å². The Labute approximate surface area is 221 Å². The molecule has 0 saturated carbocycles. The lowest BCUT2D eigenvalue weighted by Gasteiger charge is -2.12. The molecule has 186 valence electrons. The fourth-order valence-corrected chi connectivity index (χ4v) is 5.54. The van der Waals surface area contributed by atoms with Crippen LogP contribution in [0.5, 0.6) is 11.5 Å². The summed E-state index contributed by atoms with van der Waals surface area (Å²) in [4.78, 5) is 14.6. The van der Waals surface area contributed by atoms with Crippen LogP contribution in [0.4, 0.5) is 0 Å². The smallest absolute Gasteiger partial charge is 0.116 e. The fourth-order valence-electron chi connectivity index (χ4n) is 5.54. The van der Waals surface area contributed by atoms with Gasteiger partial charge in [0.25, 0.3) is 0 Å². The highest BCUT2D eigenvalue weighted by Gasteiger charge is 2.13. The molecule has 0 fully saturated rings. The number of fused-ring (bicyclic) bond motifs is 3. The van der Waals surface area contributed by atoms with Crippen LogP contribution in [0.2, 0.25) is 0 Å². The molecule has 3 aromatic heterocycles. The molecule has 0 radical (unpaired) electrons. The van der Waals surface area contributed by atoms with E-state index in [4.69, 9.17) is 15.0 Å². The minimum atomic E-state index is 0.273. The molecule has 0 amide bonds. The van der Waals surface area contributed by atoms with Gasteiger partial charge in [-0.25, -0.2) is 4.98 Å². The van der Waals surface area contributed by atoms with Gasteiger partial charge in [0, 0.05) is 34.3 Å². The van der Waals surface area contributed by atoms with Crippen LogP contribution in [-0.2, 0) is 0 Å². The van der Waals surface area contributed by atoms with Gasteiger partial charge in [0.05, 0.1) is 22.4 Å². The first-order valence-corrected chi connectivity index (χ1v) is 12.6. The Morgan fingerprint density at radius 1 is 0.500 bits per heavy atom. The second-order valence-corrected chi connectivity index (χ2v) is 9.97. The van der Waals surface area contributed by atoms with E-state index >= 15 is 0 Å². The summed E-state index contributed by atoms with van der Waals surface area (Å²) in [5, 5.41) is 21.9. The third-order valence-corrected chi connectivity index (χ3v) is 7.15. The maximum absolute atomic E-state index is 9.94. The Hall–Kier alpha value is -4.77. The number of rotatable bonds is 3. The molecule has 0 bridgehead atoms. The second-order valence-electron chi connectivity index (χ2n) is 9.97. The van der Waals surface area contributed by atoms with Gasteiger partial charge in [-0.1, -0.05) is 24.3 Å². The Morgan fingerprint density at radius 2 is 1.03 bits per heavy atom. The lowest BCUT2D eigenvalue weighted by atomic mass is 9.95. The zero-order chi connectivity index (χ0) is 26.6. The molecule has 0 unspecified atom stereocenters. The van der Waals surface area contributed by atoms with Crippen molar-refractivity contribution in [1.29, 1.82) is 0 Å². The molecule has 0 atom stereocenters. The van der Waals surface area contributed by atoms with Crippen LogP contribution in [0.15, 0.2) is 79.1 Å². The van der Waals surface area contributed by atoms with Gasteiger partial charge in [0.15, 0.2) is 0 Å². The van der Waals surface area contributed by atoms with E-state index in [1.165, 1.54) is 0 Å². The summed E-state index contributed by atoms with van der Waals surface area (Å²) < 4.78 is 0. The van der Waals surface area contributed by atoms with E-state index in [0.717, 1.165) is 77.7 Å². The average Bonchev–Trinajstić information content (AvgIpc) is 2.87. The minimum Gasteiger partial charge on any atom is -0.508 e. The van der Waals surface area contributed by atoms with Gasteiger partial charge >= 0.3 is 0 Å². The minimum absolute atomic E-state index is 0.273. The van der Waals surface area contributed by atoms with Gasteiger partial charge in [0.1, 0.15) is 11.5 Å². The number of hydrogen-bond acceptors (Lipinski definition) is 5. The van der Waals surface area contributed by atoms with Gasteiger partial charge in [-0.05, 0) is 104 Å². The molecule has 0 aliphatic rings. The van der Waals surface area contributed by atoms with Crippen molar-refractivity contribution in [1.82, 2.24) is 15.0 Å². The lowest BCUT2D eigenvalue weighted by molar-refractivity contribution is 0.474. The predicted molar refractivity (Wildman–Crippen MR) is 153 cm³/mol. The van der Waals surface area contributed by atoms with Crippen LogP contribution in [0.1, 0.15) is 22.3 Å². The number of hydrogen-bond donors (Lipinski definition) is 2. The Bertz CT molecular complexity index is 1830. The van der Waals surface area contributed by atoms with E-state index in [2.05, 4.69) is 30.3 Å². The monoisotopic (exact) mass is 497 g/mol. The molecule has 0 aliphatic heterocycles. The van der Waals surface area contributed by atoms with E-state index in [-0.39, 0.29) is 11.5 Å². The van der Waals surface area contributed by atoms with Crippen LogP contribution >= 0.6 is 0 Å². The maximum atomic E-state index is 9.94. The van der Waals surface area contributed by atoms with Gasteiger partial charge in [-0.15, -0.1) is 0 Å². The van der Waals surface area contributed by atoms with Crippen LogP contribution in [0, 0.1) is 27.7 Å². The van der Waals surface area contributed by atoms with Crippen molar-refractivity contribution < 1.29 is 10.2 Å². The Kier molecular flexibility index (Phi) is 5.57. The number of aromatic nitrogens is 3. The molecule has 3 aromatic carbocycles. The third-order valence-electron chi connectivity index (χ3n) is 7.15. The largest absolute Gasteiger partial charge is 0.508 e. The summed E-state index contributed by atoms with van der Waals surface area (Å²) in [6.45, 7) is 8.00. The van der Waals surface area contributed by atoms with Gasteiger partial charge < -0.3 is 10.2 Å².